The van der Waals surface area contributed by atoms with E-state index in [2.05, 4.69) is 43.6 Å². The van der Waals surface area contributed by atoms with Gasteiger partial charge in [-0.1, -0.05) is 105 Å². The molecule has 52 heavy (non-hydrogen) atoms. The topological polar surface area (TPSA) is 131 Å². The Labute approximate surface area is 318 Å². The molecule has 0 aliphatic heterocycles. The van der Waals surface area contributed by atoms with Crippen molar-refractivity contribution in [3.63, 3.8) is 0 Å². The summed E-state index contributed by atoms with van der Waals surface area (Å²) in [6.07, 6.45) is 24.1. The molecule has 0 spiro atoms. The first-order chi connectivity index (χ1) is 25.0. The molecule has 4 aliphatic carbocycles. The van der Waals surface area contributed by atoms with Gasteiger partial charge in [-0.15, -0.1) is 0 Å². The molecule has 0 aromatic carbocycles. The molecule has 0 heterocycles. The summed E-state index contributed by atoms with van der Waals surface area (Å²) in [4.78, 5) is 24.9. The molecule has 6 N–H and O–H groups in total. The Balaban J connectivity index is 1.02. The lowest BCUT2D eigenvalue weighted by molar-refractivity contribution is -0.207. The number of fused-ring (bicyclic) bond motifs is 5. The van der Waals surface area contributed by atoms with E-state index in [0.717, 1.165) is 64.2 Å². The maximum absolute atomic E-state index is 12.8. The number of carbonyl (C=O) groups is 2. The number of aliphatic hydroxyl groups excluding tert-OH is 3. The number of hydrogen-bond acceptors (Lipinski definition) is 6. The number of unbranched alkanes of at least 4 members (excludes halogenated alkanes) is 12. The molecule has 4 fully saturated rings. The maximum Gasteiger partial charge on any atom is 0.220 e. The average molecular weight is 732 g/mol. The lowest BCUT2D eigenvalue weighted by Gasteiger charge is -2.63. The van der Waals surface area contributed by atoms with Gasteiger partial charge in [-0.3, -0.25) is 9.59 Å². The second kappa shape index (κ2) is 21.8. The van der Waals surface area contributed by atoms with Crippen LogP contribution in [0.1, 0.15) is 175 Å². The van der Waals surface area contributed by atoms with Gasteiger partial charge in [-0.25, -0.2) is 0 Å². The highest BCUT2D eigenvalue weighted by Crippen LogP contribution is 2.68. The number of amides is 2. The second-order valence-corrected chi connectivity index (χ2v) is 18.5. The van der Waals surface area contributed by atoms with Gasteiger partial charge in [0.2, 0.25) is 11.8 Å². The van der Waals surface area contributed by atoms with Crippen molar-refractivity contribution in [2.24, 2.45) is 46.3 Å². The van der Waals surface area contributed by atoms with Crippen LogP contribution in [0.5, 0.6) is 0 Å². The molecule has 0 bridgehead atoms. The van der Waals surface area contributed by atoms with Crippen molar-refractivity contribution in [2.75, 3.05) is 26.2 Å². The summed E-state index contributed by atoms with van der Waals surface area (Å²) in [6, 6.07) is 0. The lowest BCUT2D eigenvalue weighted by atomic mass is 9.43. The van der Waals surface area contributed by atoms with Crippen LogP contribution in [-0.2, 0) is 9.59 Å². The van der Waals surface area contributed by atoms with Gasteiger partial charge in [0.1, 0.15) is 0 Å². The van der Waals surface area contributed by atoms with E-state index >= 15 is 0 Å². The van der Waals surface area contributed by atoms with Gasteiger partial charge in [-0.2, -0.15) is 0 Å². The summed E-state index contributed by atoms with van der Waals surface area (Å²) in [5.74, 6) is 2.03. The first-order valence-corrected chi connectivity index (χ1v) is 22.3. The van der Waals surface area contributed by atoms with Crippen LogP contribution in [-0.4, -0.2) is 71.6 Å². The van der Waals surface area contributed by atoms with E-state index in [1.165, 1.54) is 70.6 Å². The first-order valence-electron chi connectivity index (χ1n) is 22.3. The second-order valence-electron chi connectivity index (χ2n) is 18.5. The van der Waals surface area contributed by atoms with E-state index in [-0.39, 0.29) is 40.8 Å². The predicted octanol–water partition coefficient (Wildman–Crippen LogP) is 7.67. The molecule has 11 atom stereocenters. The quantitative estimate of drug-likeness (QED) is 0.0566. The van der Waals surface area contributed by atoms with Crippen LogP contribution in [0.2, 0.25) is 0 Å². The Bertz CT molecular complexity index is 1060. The Morgan fingerprint density at radius 1 is 0.692 bits per heavy atom. The molecule has 8 nitrogen and oxygen atoms in total. The molecule has 0 aromatic rings. The molecular weight excluding hydrogens is 651 g/mol. The molecule has 4 saturated carbocycles. The summed E-state index contributed by atoms with van der Waals surface area (Å²) in [5.41, 5.74) is -0.150. The molecule has 302 valence electrons. The Morgan fingerprint density at radius 2 is 1.27 bits per heavy atom. The highest BCUT2D eigenvalue weighted by Gasteiger charge is 2.65. The first kappa shape index (κ1) is 43.5. The fourth-order valence-corrected chi connectivity index (χ4v) is 11.9. The Hall–Kier alpha value is -1.22. The van der Waals surface area contributed by atoms with Gasteiger partial charge in [0, 0.05) is 39.0 Å². The Kier molecular flexibility index (Phi) is 18.2. The van der Waals surface area contributed by atoms with Gasteiger partial charge >= 0.3 is 0 Å². The molecule has 4 aliphatic rings. The largest absolute Gasteiger partial charge is 0.393 e. The molecule has 0 aromatic heterocycles. The van der Waals surface area contributed by atoms with Crippen molar-refractivity contribution in [1.29, 1.82) is 0 Å². The van der Waals surface area contributed by atoms with Gasteiger partial charge in [0.25, 0.3) is 0 Å². The molecule has 2 amide bonds. The minimum Gasteiger partial charge on any atom is -0.393 e. The predicted molar refractivity (Wildman–Crippen MR) is 212 cm³/mol. The number of aliphatic hydroxyl groups is 3. The van der Waals surface area contributed by atoms with Crippen LogP contribution >= 0.6 is 0 Å². The molecular formula is C44H81N3O5. The highest BCUT2D eigenvalue weighted by molar-refractivity contribution is 5.76. The lowest BCUT2D eigenvalue weighted by Crippen LogP contribution is -2.62. The molecule has 0 saturated heterocycles. The normalized spacial score (nSPS) is 34.6. The molecule has 0 unspecified atom stereocenters. The minimum absolute atomic E-state index is 0.0740. The highest BCUT2D eigenvalue weighted by atomic mass is 16.3. The summed E-state index contributed by atoms with van der Waals surface area (Å²) in [6.45, 7) is 11.7. The van der Waals surface area contributed by atoms with Crippen LogP contribution in [0, 0.1) is 46.3 Å². The number of hydrogen-bond donors (Lipinski definition) is 6. The monoisotopic (exact) mass is 732 g/mol. The molecule has 8 heteroatoms. The van der Waals surface area contributed by atoms with E-state index in [9.17, 15) is 24.9 Å². The van der Waals surface area contributed by atoms with Crippen molar-refractivity contribution >= 4 is 11.8 Å². The van der Waals surface area contributed by atoms with E-state index < -0.39 is 6.10 Å². The van der Waals surface area contributed by atoms with E-state index in [1.807, 2.05) is 0 Å². The van der Waals surface area contributed by atoms with Crippen molar-refractivity contribution in [2.45, 2.75) is 194 Å². The van der Waals surface area contributed by atoms with Crippen LogP contribution in [0.3, 0.4) is 0 Å². The number of rotatable bonds is 24. The zero-order valence-corrected chi connectivity index (χ0v) is 33.9. The summed E-state index contributed by atoms with van der Waals surface area (Å²) >= 11 is 0. The van der Waals surface area contributed by atoms with Gasteiger partial charge < -0.3 is 31.3 Å². The van der Waals surface area contributed by atoms with Crippen molar-refractivity contribution in [3.8, 4) is 0 Å². The van der Waals surface area contributed by atoms with Crippen LogP contribution in [0.15, 0.2) is 0 Å². The minimum atomic E-state index is -0.396. The number of nitrogens with one attached hydrogen (secondary N) is 3. The Morgan fingerprint density at radius 3 is 1.88 bits per heavy atom. The zero-order chi connectivity index (χ0) is 37.6. The smallest absolute Gasteiger partial charge is 0.220 e. The SMILES string of the molecule is CCCCCCCCCCCCCCCC(=O)NCCNCCNC(=O)CC[C@@H](C)[C@H]1CC[C@H]2[C@@H]3[C@H](O)C[C@@H]4C[C@H](O)CC[C@]4(C)[C@H]3C[C@H](O)[C@]12C. The third kappa shape index (κ3) is 11.6. The standard InChI is InChI=1S/C44H81N3O5/c1-5-6-7-8-9-10-11-12-13-14-15-16-17-18-40(51)46-27-25-45-26-28-47-41(52)22-19-32(2)35-20-21-36-42-37(31-39(50)44(35,36)4)43(3)24-23-34(48)29-33(43)30-38(42)49/h32-39,42,45,48-50H,5-31H2,1-4H3,(H,46,51)(H,47,52)/t32-,33+,34-,35-,36+,37+,38-,39+,42+,43+,44-/m1/s1. The van der Waals surface area contributed by atoms with E-state index in [4.69, 9.17) is 0 Å². The van der Waals surface area contributed by atoms with Crippen LogP contribution in [0.4, 0.5) is 0 Å². The summed E-state index contributed by atoms with van der Waals surface area (Å²) in [7, 11) is 0. The van der Waals surface area contributed by atoms with Crippen molar-refractivity contribution in [3.05, 3.63) is 0 Å². The molecule has 0 radical (unpaired) electrons. The zero-order valence-electron chi connectivity index (χ0n) is 33.9. The fraction of sp³-hybridized carbons (Fsp3) is 0.955. The van der Waals surface area contributed by atoms with Gasteiger partial charge in [0.15, 0.2) is 0 Å². The van der Waals surface area contributed by atoms with E-state index in [1.54, 1.807) is 0 Å². The summed E-state index contributed by atoms with van der Waals surface area (Å²) in [5, 5.41) is 43.1. The van der Waals surface area contributed by atoms with Crippen molar-refractivity contribution in [1.82, 2.24) is 16.0 Å². The van der Waals surface area contributed by atoms with Gasteiger partial charge in [0.05, 0.1) is 18.3 Å². The maximum atomic E-state index is 12.8. The third-order valence-corrected chi connectivity index (χ3v) is 15.1. The van der Waals surface area contributed by atoms with E-state index in [0.29, 0.717) is 68.6 Å². The number of carbonyl (C=O) groups excluding carboxylic acids is 2. The van der Waals surface area contributed by atoms with Crippen LogP contribution in [0.25, 0.3) is 0 Å². The van der Waals surface area contributed by atoms with Crippen molar-refractivity contribution < 1.29 is 24.9 Å². The van der Waals surface area contributed by atoms with Crippen LogP contribution < -0.4 is 16.0 Å². The van der Waals surface area contributed by atoms with Gasteiger partial charge in [-0.05, 0) is 104 Å². The molecule has 4 rings (SSSR count). The fourth-order valence-electron chi connectivity index (χ4n) is 11.9. The summed E-state index contributed by atoms with van der Waals surface area (Å²) < 4.78 is 0. The average Bonchev–Trinajstić information content (AvgIpc) is 3.48. The third-order valence-electron chi connectivity index (χ3n) is 15.1.